The van der Waals surface area contributed by atoms with Gasteiger partial charge in [-0.15, -0.1) is 0 Å². The highest BCUT2D eigenvalue weighted by molar-refractivity contribution is 6.32. The number of H-pyrrole nitrogens is 1. The molecule has 0 fully saturated rings. The third-order valence-corrected chi connectivity index (χ3v) is 4.85. The maximum atomic E-state index is 12.6. The van der Waals surface area contributed by atoms with Crippen molar-refractivity contribution in [2.45, 2.75) is 27.7 Å². The number of ketones is 1. The lowest BCUT2D eigenvalue weighted by Crippen LogP contribution is -2.14. The molecule has 0 radical (unpaired) electrons. The minimum Gasteiger partial charge on any atom is -0.484 e. The SMILES string of the molecule is CCOC(=O)c1c(C)[nH]c(C(=O)COc2cc3oc(=O)cc(C)c3cc2Cl)c1C. The van der Waals surface area contributed by atoms with Gasteiger partial charge in [0, 0.05) is 23.2 Å². The highest BCUT2D eigenvalue weighted by Gasteiger charge is 2.23. The maximum Gasteiger partial charge on any atom is 0.340 e. The number of carbonyl (C=O) groups is 2. The third kappa shape index (κ3) is 4.05. The summed E-state index contributed by atoms with van der Waals surface area (Å²) in [5.41, 5.74) is 2.22. The van der Waals surface area contributed by atoms with E-state index in [4.69, 9.17) is 25.5 Å². The molecule has 0 aliphatic rings. The first-order valence-corrected chi connectivity index (χ1v) is 9.37. The molecule has 8 heteroatoms. The fourth-order valence-corrected chi connectivity index (χ4v) is 3.40. The van der Waals surface area contributed by atoms with Gasteiger partial charge >= 0.3 is 11.6 Å². The van der Waals surface area contributed by atoms with Gasteiger partial charge in [-0.05, 0) is 44.9 Å². The monoisotopic (exact) mass is 417 g/mol. The molecule has 0 aliphatic carbocycles. The minimum atomic E-state index is -0.485. The minimum absolute atomic E-state index is 0.216. The molecule has 0 saturated carbocycles. The number of hydrogen-bond donors (Lipinski definition) is 1. The number of Topliss-reactive ketones (excluding diaryl/α,β-unsaturated/α-hetero) is 1. The normalized spacial score (nSPS) is 10.9. The number of aromatic amines is 1. The van der Waals surface area contributed by atoms with Gasteiger partial charge in [0.15, 0.2) is 6.61 Å². The van der Waals surface area contributed by atoms with Crippen LogP contribution in [-0.2, 0) is 4.74 Å². The Labute approximate surface area is 171 Å². The fourth-order valence-electron chi connectivity index (χ4n) is 3.18. The van der Waals surface area contributed by atoms with Crippen LogP contribution in [0.1, 0.15) is 44.6 Å². The van der Waals surface area contributed by atoms with Crippen molar-refractivity contribution in [2.24, 2.45) is 0 Å². The number of rotatable bonds is 6. The number of ether oxygens (including phenoxy) is 2. The number of esters is 1. The Morgan fingerprint density at radius 1 is 1.17 bits per heavy atom. The first kappa shape index (κ1) is 20.7. The Morgan fingerprint density at radius 3 is 2.59 bits per heavy atom. The molecule has 1 aromatic carbocycles. The lowest BCUT2D eigenvalue weighted by Gasteiger charge is -2.09. The second-order valence-corrected chi connectivity index (χ2v) is 6.99. The van der Waals surface area contributed by atoms with E-state index in [1.54, 1.807) is 33.8 Å². The zero-order chi connectivity index (χ0) is 21.3. The van der Waals surface area contributed by atoms with Gasteiger partial charge in [-0.3, -0.25) is 4.79 Å². The van der Waals surface area contributed by atoms with E-state index in [2.05, 4.69) is 4.98 Å². The molecule has 2 heterocycles. The van der Waals surface area contributed by atoms with Crippen LogP contribution in [0.3, 0.4) is 0 Å². The zero-order valence-electron chi connectivity index (χ0n) is 16.5. The van der Waals surface area contributed by atoms with Crippen LogP contribution in [-0.4, -0.2) is 30.0 Å². The van der Waals surface area contributed by atoms with Crippen LogP contribution in [0.4, 0.5) is 0 Å². The number of benzene rings is 1. The van der Waals surface area contributed by atoms with E-state index < -0.39 is 11.6 Å². The van der Waals surface area contributed by atoms with Gasteiger partial charge in [0.2, 0.25) is 5.78 Å². The second kappa shape index (κ2) is 8.13. The molecule has 3 rings (SSSR count). The van der Waals surface area contributed by atoms with Crippen LogP contribution in [0.5, 0.6) is 5.75 Å². The number of aryl methyl sites for hydroxylation is 2. The van der Waals surface area contributed by atoms with E-state index in [1.807, 2.05) is 0 Å². The van der Waals surface area contributed by atoms with Crippen LogP contribution in [0, 0.1) is 20.8 Å². The van der Waals surface area contributed by atoms with Crippen molar-refractivity contribution < 1.29 is 23.5 Å². The average molecular weight is 418 g/mol. The van der Waals surface area contributed by atoms with Gasteiger partial charge < -0.3 is 18.9 Å². The van der Waals surface area contributed by atoms with Gasteiger partial charge in [0.1, 0.15) is 11.3 Å². The molecule has 0 saturated heterocycles. The van der Waals surface area contributed by atoms with Crippen LogP contribution in [0.25, 0.3) is 11.0 Å². The highest BCUT2D eigenvalue weighted by atomic mass is 35.5. The highest BCUT2D eigenvalue weighted by Crippen LogP contribution is 2.31. The number of fused-ring (bicyclic) bond motifs is 1. The predicted octanol–water partition coefficient (Wildman–Crippen LogP) is 4.14. The van der Waals surface area contributed by atoms with Crippen LogP contribution < -0.4 is 10.4 Å². The van der Waals surface area contributed by atoms with E-state index in [1.165, 1.54) is 12.1 Å². The standard InChI is InChI=1S/C21H20ClNO6/c1-5-27-21(26)19-11(3)20(23-12(19)4)15(24)9-28-17-8-16-13(7-14(17)22)10(2)6-18(25)29-16/h6-8,23H,5,9H2,1-4H3. The summed E-state index contributed by atoms with van der Waals surface area (Å²) in [4.78, 5) is 39.2. The first-order valence-electron chi connectivity index (χ1n) is 8.99. The summed E-state index contributed by atoms with van der Waals surface area (Å²) in [5, 5.41) is 0.969. The smallest absolute Gasteiger partial charge is 0.340 e. The molecule has 3 aromatic rings. The number of nitrogens with one attached hydrogen (secondary N) is 1. The molecule has 29 heavy (non-hydrogen) atoms. The van der Waals surface area contributed by atoms with E-state index in [0.717, 1.165) is 5.56 Å². The van der Waals surface area contributed by atoms with Crippen molar-refractivity contribution in [3.05, 3.63) is 61.7 Å². The molecule has 7 nitrogen and oxygen atoms in total. The fraction of sp³-hybridized carbons (Fsp3) is 0.286. The van der Waals surface area contributed by atoms with Gasteiger partial charge in [0.05, 0.1) is 22.9 Å². The Morgan fingerprint density at radius 2 is 1.90 bits per heavy atom. The van der Waals surface area contributed by atoms with Gasteiger partial charge in [-0.2, -0.15) is 0 Å². The summed E-state index contributed by atoms with van der Waals surface area (Å²) < 4.78 is 15.8. The molecule has 0 unspecified atom stereocenters. The predicted molar refractivity (Wildman–Crippen MR) is 108 cm³/mol. The molecule has 0 spiro atoms. The quantitative estimate of drug-likeness (QED) is 0.367. The zero-order valence-corrected chi connectivity index (χ0v) is 17.2. The number of hydrogen-bond acceptors (Lipinski definition) is 6. The van der Waals surface area contributed by atoms with Crippen molar-refractivity contribution in [1.29, 1.82) is 0 Å². The van der Waals surface area contributed by atoms with E-state index >= 15 is 0 Å². The molecule has 0 aliphatic heterocycles. The summed E-state index contributed by atoms with van der Waals surface area (Å²) in [6, 6.07) is 4.48. The van der Waals surface area contributed by atoms with Crippen LogP contribution in [0.2, 0.25) is 5.02 Å². The molecule has 2 aromatic heterocycles. The summed E-state index contributed by atoms with van der Waals surface area (Å²) in [5.74, 6) is -0.627. The Bertz CT molecular complexity index is 1170. The summed E-state index contributed by atoms with van der Waals surface area (Å²) in [7, 11) is 0. The Kier molecular flexibility index (Phi) is 5.79. The molecule has 0 amide bonds. The summed E-state index contributed by atoms with van der Waals surface area (Å²) in [6.07, 6.45) is 0. The Balaban J connectivity index is 1.84. The van der Waals surface area contributed by atoms with E-state index in [-0.39, 0.29) is 35.5 Å². The Hall–Kier alpha value is -3.06. The first-order chi connectivity index (χ1) is 13.7. The molecular weight excluding hydrogens is 398 g/mol. The van der Waals surface area contributed by atoms with E-state index in [9.17, 15) is 14.4 Å². The largest absolute Gasteiger partial charge is 0.484 e. The maximum absolute atomic E-state index is 12.6. The van der Waals surface area contributed by atoms with Crippen molar-refractivity contribution in [3.63, 3.8) is 0 Å². The topological polar surface area (TPSA) is 98.6 Å². The second-order valence-electron chi connectivity index (χ2n) is 6.58. The van der Waals surface area contributed by atoms with Gasteiger partial charge in [-0.25, -0.2) is 9.59 Å². The molecule has 1 N–H and O–H groups in total. The molecule has 152 valence electrons. The molecular formula is C21H20ClNO6. The lowest BCUT2D eigenvalue weighted by atomic mass is 10.1. The van der Waals surface area contributed by atoms with Gasteiger partial charge in [-0.1, -0.05) is 11.6 Å². The molecule has 0 bridgehead atoms. The average Bonchev–Trinajstić information content (AvgIpc) is 2.95. The van der Waals surface area contributed by atoms with Crippen LogP contribution >= 0.6 is 11.6 Å². The van der Waals surface area contributed by atoms with Crippen LogP contribution in [0.15, 0.2) is 27.4 Å². The van der Waals surface area contributed by atoms with Crippen molar-refractivity contribution in [3.8, 4) is 5.75 Å². The summed E-state index contributed by atoms with van der Waals surface area (Å²) in [6.45, 7) is 6.78. The number of aromatic nitrogens is 1. The number of halogens is 1. The summed E-state index contributed by atoms with van der Waals surface area (Å²) >= 11 is 6.26. The lowest BCUT2D eigenvalue weighted by molar-refractivity contribution is 0.0525. The molecule has 0 atom stereocenters. The number of carbonyl (C=O) groups excluding carboxylic acids is 2. The van der Waals surface area contributed by atoms with E-state index in [0.29, 0.717) is 27.8 Å². The van der Waals surface area contributed by atoms with Crippen molar-refractivity contribution in [2.75, 3.05) is 13.2 Å². The van der Waals surface area contributed by atoms with Crippen molar-refractivity contribution in [1.82, 2.24) is 4.98 Å². The van der Waals surface area contributed by atoms with Crippen molar-refractivity contribution >= 4 is 34.3 Å². The van der Waals surface area contributed by atoms with Gasteiger partial charge in [0.25, 0.3) is 0 Å². The third-order valence-electron chi connectivity index (χ3n) is 4.56.